The summed E-state index contributed by atoms with van der Waals surface area (Å²) in [6, 6.07) is -3.20. The largest absolute Gasteiger partial charge is 0.480 e. The van der Waals surface area contributed by atoms with Crippen molar-refractivity contribution in [3.8, 4) is 0 Å². The van der Waals surface area contributed by atoms with E-state index in [2.05, 4.69) is 16.0 Å². The van der Waals surface area contributed by atoms with Crippen molar-refractivity contribution in [2.45, 2.75) is 45.3 Å². The minimum Gasteiger partial charge on any atom is -0.480 e. The molecule has 0 aliphatic heterocycles. The van der Waals surface area contributed by atoms with Crippen LogP contribution in [0.2, 0.25) is 0 Å². The highest BCUT2D eigenvalue weighted by atomic mass is 16.4. The Morgan fingerprint density at radius 2 is 1.52 bits per heavy atom. The summed E-state index contributed by atoms with van der Waals surface area (Å²) in [5.41, 5.74) is 10.5. The minimum absolute atomic E-state index is 0.334. The van der Waals surface area contributed by atoms with Crippen molar-refractivity contribution in [1.29, 1.82) is 0 Å². The van der Waals surface area contributed by atoms with Gasteiger partial charge in [-0.15, -0.1) is 0 Å². The molecule has 0 saturated carbocycles. The Labute approximate surface area is 144 Å². The summed E-state index contributed by atoms with van der Waals surface area (Å²) in [6.07, 6.45) is -0.525. The number of hydrogen-bond donors (Lipinski definition) is 6. The number of amides is 4. The smallest absolute Gasteiger partial charge is 0.322 e. The standard InChI is InChI=1S/C14H25N5O6/c1-6(2)11(19-12(23)7(3)15)14(25)18-8(4-9(16)20)13(24)17-5-10(21)22/h6-8,11H,4-5,15H2,1-3H3,(H2,16,20)(H,17,24)(H,18,25)(H,19,23)(H,21,22). The molecule has 0 aliphatic rings. The molecule has 11 nitrogen and oxygen atoms in total. The van der Waals surface area contributed by atoms with Crippen molar-refractivity contribution in [3.63, 3.8) is 0 Å². The van der Waals surface area contributed by atoms with Crippen LogP contribution in [0.15, 0.2) is 0 Å². The van der Waals surface area contributed by atoms with Crippen molar-refractivity contribution in [2.24, 2.45) is 17.4 Å². The van der Waals surface area contributed by atoms with Gasteiger partial charge in [-0.05, 0) is 12.8 Å². The molecule has 0 radical (unpaired) electrons. The fourth-order valence-electron chi connectivity index (χ4n) is 1.78. The number of carbonyl (C=O) groups excluding carboxylic acids is 4. The Morgan fingerprint density at radius 3 is 1.92 bits per heavy atom. The second-order valence-electron chi connectivity index (χ2n) is 5.86. The fourth-order valence-corrected chi connectivity index (χ4v) is 1.78. The third-order valence-corrected chi connectivity index (χ3v) is 3.11. The number of carboxylic acids is 1. The van der Waals surface area contributed by atoms with Gasteiger partial charge in [-0.25, -0.2) is 0 Å². The van der Waals surface area contributed by atoms with Gasteiger partial charge in [0.15, 0.2) is 0 Å². The molecule has 142 valence electrons. The molecule has 0 spiro atoms. The van der Waals surface area contributed by atoms with Crippen LogP contribution in [0.5, 0.6) is 0 Å². The third-order valence-electron chi connectivity index (χ3n) is 3.11. The molecule has 0 saturated heterocycles. The van der Waals surface area contributed by atoms with Gasteiger partial charge in [-0.1, -0.05) is 13.8 Å². The lowest BCUT2D eigenvalue weighted by molar-refractivity contribution is -0.139. The van der Waals surface area contributed by atoms with Crippen LogP contribution in [0, 0.1) is 5.92 Å². The summed E-state index contributed by atoms with van der Waals surface area (Å²) in [6.45, 7) is 4.09. The maximum absolute atomic E-state index is 12.4. The van der Waals surface area contributed by atoms with E-state index < -0.39 is 60.7 Å². The number of hydrogen-bond acceptors (Lipinski definition) is 6. The molecule has 0 fully saturated rings. The summed E-state index contributed by atoms with van der Waals surface area (Å²) >= 11 is 0. The van der Waals surface area contributed by atoms with Crippen LogP contribution in [-0.2, 0) is 24.0 Å². The van der Waals surface area contributed by atoms with Gasteiger partial charge in [0.2, 0.25) is 23.6 Å². The minimum atomic E-state index is -1.36. The molecule has 0 heterocycles. The lowest BCUT2D eigenvalue weighted by Crippen LogP contribution is -2.57. The highest BCUT2D eigenvalue weighted by Crippen LogP contribution is 2.04. The molecule has 3 atom stereocenters. The van der Waals surface area contributed by atoms with Crippen LogP contribution in [0.3, 0.4) is 0 Å². The van der Waals surface area contributed by atoms with E-state index in [9.17, 15) is 24.0 Å². The SMILES string of the molecule is CC(N)C(=O)NC(C(=O)NC(CC(N)=O)C(=O)NCC(=O)O)C(C)C. The van der Waals surface area contributed by atoms with Crippen molar-refractivity contribution in [3.05, 3.63) is 0 Å². The second-order valence-corrected chi connectivity index (χ2v) is 5.86. The molecule has 3 unspecified atom stereocenters. The quantitative estimate of drug-likeness (QED) is 0.239. The average Bonchev–Trinajstić information content (AvgIpc) is 2.47. The van der Waals surface area contributed by atoms with E-state index in [1.165, 1.54) is 6.92 Å². The van der Waals surface area contributed by atoms with E-state index in [4.69, 9.17) is 16.6 Å². The Bertz CT molecular complexity index is 534. The molecular formula is C14H25N5O6. The molecule has 0 rings (SSSR count). The summed E-state index contributed by atoms with van der Waals surface area (Å²) in [5, 5.41) is 15.4. The maximum Gasteiger partial charge on any atom is 0.322 e. The summed E-state index contributed by atoms with van der Waals surface area (Å²) in [5.74, 6) is -4.65. The fraction of sp³-hybridized carbons (Fsp3) is 0.643. The highest BCUT2D eigenvalue weighted by molar-refractivity contribution is 5.95. The molecule has 0 aromatic heterocycles. The zero-order valence-corrected chi connectivity index (χ0v) is 14.4. The van der Waals surface area contributed by atoms with Crippen molar-refractivity contribution in [1.82, 2.24) is 16.0 Å². The Hall–Kier alpha value is -2.69. The molecular weight excluding hydrogens is 334 g/mol. The number of aliphatic carboxylic acids is 1. The van der Waals surface area contributed by atoms with E-state index in [0.29, 0.717) is 0 Å². The first-order valence-electron chi connectivity index (χ1n) is 7.59. The van der Waals surface area contributed by atoms with Crippen molar-refractivity contribution < 1.29 is 29.1 Å². The Kier molecular flexibility index (Phi) is 9.13. The highest BCUT2D eigenvalue weighted by Gasteiger charge is 2.30. The van der Waals surface area contributed by atoms with E-state index in [0.717, 1.165) is 0 Å². The van der Waals surface area contributed by atoms with Gasteiger partial charge in [-0.3, -0.25) is 24.0 Å². The topological polar surface area (TPSA) is 194 Å². The summed E-state index contributed by atoms with van der Waals surface area (Å²) in [4.78, 5) is 57.6. The zero-order valence-electron chi connectivity index (χ0n) is 14.4. The summed E-state index contributed by atoms with van der Waals surface area (Å²) < 4.78 is 0. The first-order chi connectivity index (χ1) is 11.5. The molecule has 0 aromatic rings. The van der Waals surface area contributed by atoms with E-state index in [-0.39, 0.29) is 5.92 Å². The predicted octanol–water partition coefficient (Wildman–Crippen LogP) is -2.96. The van der Waals surface area contributed by atoms with Gasteiger partial charge >= 0.3 is 5.97 Å². The summed E-state index contributed by atoms with van der Waals surface area (Å²) in [7, 11) is 0. The lowest BCUT2D eigenvalue weighted by Gasteiger charge is -2.25. The molecule has 11 heteroatoms. The second kappa shape index (κ2) is 10.2. The van der Waals surface area contributed by atoms with E-state index in [1.54, 1.807) is 13.8 Å². The molecule has 25 heavy (non-hydrogen) atoms. The molecule has 0 aliphatic carbocycles. The third kappa shape index (κ3) is 8.65. The zero-order chi connectivity index (χ0) is 19.7. The Balaban J connectivity index is 5.12. The average molecular weight is 359 g/mol. The van der Waals surface area contributed by atoms with Crippen LogP contribution in [-0.4, -0.2) is 59.4 Å². The molecule has 8 N–H and O–H groups in total. The van der Waals surface area contributed by atoms with Gasteiger partial charge in [0, 0.05) is 0 Å². The monoisotopic (exact) mass is 359 g/mol. The Morgan fingerprint density at radius 1 is 0.960 bits per heavy atom. The first-order valence-corrected chi connectivity index (χ1v) is 7.59. The van der Waals surface area contributed by atoms with Crippen LogP contribution in [0.25, 0.3) is 0 Å². The van der Waals surface area contributed by atoms with Crippen LogP contribution >= 0.6 is 0 Å². The molecule has 0 aromatic carbocycles. The molecule has 0 bridgehead atoms. The first kappa shape index (κ1) is 22.3. The van der Waals surface area contributed by atoms with Gasteiger partial charge in [-0.2, -0.15) is 0 Å². The maximum atomic E-state index is 12.4. The van der Waals surface area contributed by atoms with E-state index in [1.807, 2.05) is 0 Å². The van der Waals surface area contributed by atoms with Crippen molar-refractivity contribution >= 4 is 29.6 Å². The number of primary amides is 1. The van der Waals surface area contributed by atoms with Crippen LogP contribution in [0.1, 0.15) is 27.2 Å². The number of nitrogens with two attached hydrogens (primary N) is 2. The van der Waals surface area contributed by atoms with Gasteiger partial charge in [0.25, 0.3) is 0 Å². The normalized spacial score (nSPS) is 14.1. The number of carboxylic acid groups (broad SMARTS) is 1. The molecule has 4 amide bonds. The van der Waals surface area contributed by atoms with Crippen molar-refractivity contribution in [2.75, 3.05) is 6.54 Å². The predicted molar refractivity (Wildman–Crippen MR) is 86.8 cm³/mol. The number of carbonyl (C=O) groups is 5. The van der Waals surface area contributed by atoms with Gasteiger partial charge in [0.05, 0.1) is 12.5 Å². The van der Waals surface area contributed by atoms with Gasteiger partial charge < -0.3 is 32.5 Å². The van der Waals surface area contributed by atoms with Gasteiger partial charge in [0.1, 0.15) is 18.6 Å². The van der Waals surface area contributed by atoms with Crippen LogP contribution < -0.4 is 27.4 Å². The van der Waals surface area contributed by atoms with E-state index >= 15 is 0 Å². The lowest BCUT2D eigenvalue weighted by atomic mass is 10.0. The number of rotatable bonds is 10. The van der Waals surface area contributed by atoms with Crippen LogP contribution in [0.4, 0.5) is 0 Å². The number of nitrogens with one attached hydrogen (secondary N) is 3.